The van der Waals surface area contributed by atoms with Crippen LogP contribution >= 0.6 is 0 Å². The van der Waals surface area contributed by atoms with Gasteiger partial charge in [-0.25, -0.2) is 0 Å². The van der Waals surface area contributed by atoms with E-state index in [9.17, 15) is 4.79 Å². The number of nitrogens with zero attached hydrogens (tertiary/aromatic N) is 1. The zero-order chi connectivity index (χ0) is 12.8. The van der Waals surface area contributed by atoms with E-state index >= 15 is 0 Å². The molecule has 98 valence electrons. The fraction of sp³-hybridized carbons (Fsp3) is 0.688. The summed E-state index contributed by atoms with van der Waals surface area (Å²) in [4.78, 5) is 12.1. The van der Waals surface area contributed by atoms with E-state index in [1.165, 1.54) is 31.4 Å². The van der Waals surface area contributed by atoms with Crippen molar-refractivity contribution in [3.05, 3.63) is 23.5 Å². The summed E-state index contributed by atoms with van der Waals surface area (Å²) in [5.41, 5.74) is 2.41. The Balaban J connectivity index is 1.73. The molecule has 2 aliphatic rings. The molecule has 1 aromatic rings. The molecule has 0 N–H and O–H groups in total. The second-order valence-electron chi connectivity index (χ2n) is 6.90. The maximum atomic E-state index is 12.1. The molecule has 0 unspecified atom stereocenters. The highest BCUT2D eigenvalue weighted by atomic mass is 16.1. The largest absolute Gasteiger partial charge is 0.351 e. The Hall–Kier alpha value is -1.05. The van der Waals surface area contributed by atoms with E-state index in [2.05, 4.69) is 24.6 Å². The molecule has 0 bridgehead atoms. The summed E-state index contributed by atoms with van der Waals surface area (Å²) < 4.78 is 2.33. The van der Waals surface area contributed by atoms with Gasteiger partial charge in [-0.3, -0.25) is 4.79 Å². The van der Waals surface area contributed by atoms with Crippen molar-refractivity contribution in [3.63, 3.8) is 0 Å². The zero-order valence-electron chi connectivity index (χ0n) is 11.5. The van der Waals surface area contributed by atoms with Crippen molar-refractivity contribution in [3.8, 4) is 0 Å². The van der Waals surface area contributed by atoms with Crippen LogP contribution in [0.2, 0.25) is 0 Å². The molecule has 1 fully saturated rings. The predicted molar refractivity (Wildman–Crippen MR) is 72.8 cm³/mol. The fourth-order valence-electron chi connectivity index (χ4n) is 3.17. The summed E-state index contributed by atoms with van der Waals surface area (Å²) in [7, 11) is 0. The number of carbonyl (C=O) groups excluding carboxylic acids is 1. The first kappa shape index (κ1) is 12.0. The minimum Gasteiger partial charge on any atom is -0.351 e. The van der Waals surface area contributed by atoms with Gasteiger partial charge in [0.2, 0.25) is 0 Å². The fourth-order valence-corrected chi connectivity index (χ4v) is 3.17. The predicted octanol–water partition coefficient (Wildman–Crippen LogP) is 3.83. The van der Waals surface area contributed by atoms with Crippen molar-refractivity contribution >= 4 is 5.78 Å². The topological polar surface area (TPSA) is 22.0 Å². The van der Waals surface area contributed by atoms with Gasteiger partial charge in [-0.05, 0) is 36.7 Å². The van der Waals surface area contributed by atoms with Gasteiger partial charge in [-0.15, -0.1) is 0 Å². The van der Waals surface area contributed by atoms with Gasteiger partial charge in [0, 0.05) is 30.4 Å². The van der Waals surface area contributed by atoms with Crippen LogP contribution < -0.4 is 0 Å². The van der Waals surface area contributed by atoms with Gasteiger partial charge in [-0.2, -0.15) is 0 Å². The number of fused-ring (bicyclic) bond motifs is 1. The molecule has 0 saturated heterocycles. The molecule has 0 radical (unpaired) electrons. The molecule has 18 heavy (non-hydrogen) atoms. The number of ketones is 1. The van der Waals surface area contributed by atoms with Crippen LogP contribution in [0, 0.1) is 11.3 Å². The summed E-state index contributed by atoms with van der Waals surface area (Å²) in [5.74, 6) is 1.34. The van der Waals surface area contributed by atoms with Crippen molar-refractivity contribution in [1.29, 1.82) is 0 Å². The lowest BCUT2D eigenvalue weighted by molar-refractivity contribution is 0.0910. The lowest BCUT2D eigenvalue weighted by atomic mass is 9.76. The smallest absolute Gasteiger partial charge is 0.165 e. The summed E-state index contributed by atoms with van der Waals surface area (Å²) >= 11 is 0. The molecule has 1 saturated carbocycles. The van der Waals surface area contributed by atoms with Gasteiger partial charge < -0.3 is 4.57 Å². The average molecular weight is 245 g/mol. The number of aryl methyl sites for hydroxylation is 1. The van der Waals surface area contributed by atoms with E-state index in [1.54, 1.807) is 0 Å². The Morgan fingerprint density at radius 1 is 1.33 bits per heavy atom. The molecule has 2 aliphatic carbocycles. The zero-order valence-corrected chi connectivity index (χ0v) is 11.5. The second-order valence-corrected chi connectivity index (χ2v) is 6.90. The standard InChI is InChI=1S/C16H23NO/c1-16(2)10-14-13(15(18)11-16)7-9-17(14)8-3-4-12-5-6-12/h7,9,12H,3-6,8,10-11H2,1-2H3. The summed E-state index contributed by atoms with van der Waals surface area (Å²) in [5, 5.41) is 0. The number of hydrogen-bond donors (Lipinski definition) is 0. The Labute approximate surface area is 109 Å². The van der Waals surface area contributed by atoms with Crippen LogP contribution in [0.25, 0.3) is 0 Å². The van der Waals surface area contributed by atoms with Gasteiger partial charge in [-0.1, -0.05) is 26.7 Å². The third kappa shape index (κ3) is 2.38. The lowest BCUT2D eigenvalue weighted by Gasteiger charge is -2.29. The Bertz CT molecular complexity index is 465. The third-order valence-electron chi connectivity index (χ3n) is 4.37. The van der Waals surface area contributed by atoms with E-state index < -0.39 is 0 Å². The molecule has 0 atom stereocenters. The maximum absolute atomic E-state index is 12.1. The van der Waals surface area contributed by atoms with Gasteiger partial charge in [0.15, 0.2) is 5.78 Å². The van der Waals surface area contributed by atoms with Gasteiger partial charge in [0.05, 0.1) is 0 Å². The van der Waals surface area contributed by atoms with Gasteiger partial charge in [0.25, 0.3) is 0 Å². The highest BCUT2D eigenvalue weighted by Gasteiger charge is 2.32. The minimum absolute atomic E-state index is 0.136. The Morgan fingerprint density at radius 2 is 2.11 bits per heavy atom. The van der Waals surface area contributed by atoms with Crippen LogP contribution in [0.3, 0.4) is 0 Å². The van der Waals surface area contributed by atoms with Gasteiger partial charge in [0.1, 0.15) is 0 Å². The molecular weight excluding hydrogens is 222 g/mol. The van der Waals surface area contributed by atoms with Crippen molar-refractivity contribution in [1.82, 2.24) is 4.57 Å². The van der Waals surface area contributed by atoms with Crippen LogP contribution in [0.15, 0.2) is 12.3 Å². The van der Waals surface area contributed by atoms with Crippen molar-refractivity contribution in [2.45, 2.75) is 58.9 Å². The second kappa shape index (κ2) is 4.25. The Kier molecular flexibility index (Phi) is 2.84. The molecular formula is C16H23NO. The summed E-state index contributed by atoms with van der Waals surface area (Å²) in [6.45, 7) is 5.50. The minimum atomic E-state index is 0.136. The summed E-state index contributed by atoms with van der Waals surface area (Å²) in [6.07, 6.45) is 9.38. The summed E-state index contributed by atoms with van der Waals surface area (Å²) in [6, 6.07) is 2.03. The molecule has 0 spiro atoms. The van der Waals surface area contributed by atoms with Crippen LogP contribution in [-0.2, 0) is 13.0 Å². The van der Waals surface area contributed by atoms with E-state index in [-0.39, 0.29) is 5.41 Å². The number of carbonyl (C=O) groups is 1. The lowest BCUT2D eigenvalue weighted by Crippen LogP contribution is -2.28. The van der Waals surface area contributed by atoms with Crippen molar-refractivity contribution in [2.24, 2.45) is 11.3 Å². The maximum Gasteiger partial charge on any atom is 0.165 e. The average Bonchev–Trinajstić information content (AvgIpc) is 3.00. The molecule has 0 amide bonds. The van der Waals surface area contributed by atoms with E-state index in [0.717, 1.165) is 24.4 Å². The molecule has 2 heteroatoms. The number of Topliss-reactive ketones (excluding diaryl/α,β-unsaturated/α-hetero) is 1. The molecule has 3 rings (SSSR count). The monoisotopic (exact) mass is 245 g/mol. The molecule has 0 aliphatic heterocycles. The SMILES string of the molecule is CC1(C)CC(=O)c2ccn(CCCC3CC3)c2C1. The normalized spacial score (nSPS) is 22.0. The van der Waals surface area contributed by atoms with E-state index in [4.69, 9.17) is 0 Å². The van der Waals surface area contributed by atoms with E-state index in [0.29, 0.717) is 12.2 Å². The van der Waals surface area contributed by atoms with Crippen molar-refractivity contribution in [2.75, 3.05) is 0 Å². The third-order valence-corrected chi connectivity index (χ3v) is 4.37. The van der Waals surface area contributed by atoms with Gasteiger partial charge >= 0.3 is 0 Å². The Morgan fingerprint density at radius 3 is 2.83 bits per heavy atom. The molecule has 1 aromatic heterocycles. The quantitative estimate of drug-likeness (QED) is 0.790. The van der Waals surface area contributed by atoms with Crippen LogP contribution in [0.4, 0.5) is 0 Å². The number of hydrogen-bond acceptors (Lipinski definition) is 1. The van der Waals surface area contributed by atoms with E-state index in [1.807, 2.05) is 6.07 Å². The van der Waals surface area contributed by atoms with Crippen LogP contribution in [0.1, 0.15) is 62.0 Å². The number of rotatable bonds is 4. The highest BCUT2D eigenvalue weighted by molar-refractivity contribution is 5.98. The van der Waals surface area contributed by atoms with Crippen molar-refractivity contribution < 1.29 is 4.79 Å². The first-order valence-electron chi connectivity index (χ1n) is 7.26. The highest BCUT2D eigenvalue weighted by Crippen LogP contribution is 2.36. The molecule has 1 heterocycles. The first-order valence-corrected chi connectivity index (χ1v) is 7.26. The molecule has 2 nitrogen and oxygen atoms in total. The first-order chi connectivity index (χ1) is 8.55. The van der Waals surface area contributed by atoms with Crippen LogP contribution in [-0.4, -0.2) is 10.4 Å². The number of aromatic nitrogens is 1. The molecule has 0 aromatic carbocycles. The van der Waals surface area contributed by atoms with Crippen LogP contribution in [0.5, 0.6) is 0 Å².